The number of nitrogens with zero attached hydrogens (tertiary/aromatic N) is 1. The van der Waals surface area contributed by atoms with Gasteiger partial charge in [0.05, 0.1) is 6.04 Å². The molecular formula is C17H27ClN2. The monoisotopic (exact) mass is 294 g/mol. The van der Waals surface area contributed by atoms with Gasteiger partial charge in [0.15, 0.2) is 0 Å². The molecule has 1 aromatic rings. The Morgan fingerprint density at radius 3 is 2.30 bits per heavy atom. The van der Waals surface area contributed by atoms with Crippen LogP contribution in [0.15, 0.2) is 24.3 Å². The standard InChI is InChI=1S/C17H27ClN2/c1-4-16(19)17(13-5-7-14(18)8-6-13)20(11-12(2)3)15-9-10-15/h5-8,12,15-17H,4,9-11,19H2,1-3H3. The van der Waals surface area contributed by atoms with Gasteiger partial charge in [0, 0.05) is 23.7 Å². The molecule has 2 nitrogen and oxygen atoms in total. The molecule has 1 fully saturated rings. The second kappa shape index (κ2) is 6.93. The van der Waals surface area contributed by atoms with Gasteiger partial charge in [-0.05, 0) is 42.9 Å². The van der Waals surface area contributed by atoms with E-state index in [-0.39, 0.29) is 6.04 Å². The van der Waals surface area contributed by atoms with Crippen molar-refractivity contribution in [3.8, 4) is 0 Å². The molecule has 2 atom stereocenters. The minimum absolute atomic E-state index is 0.176. The predicted molar refractivity (Wildman–Crippen MR) is 87.0 cm³/mol. The first-order chi connectivity index (χ1) is 9.52. The average Bonchev–Trinajstić information content (AvgIpc) is 3.23. The summed E-state index contributed by atoms with van der Waals surface area (Å²) in [4.78, 5) is 2.63. The normalized spacial score (nSPS) is 18.6. The van der Waals surface area contributed by atoms with Gasteiger partial charge in [-0.1, -0.05) is 44.5 Å². The van der Waals surface area contributed by atoms with E-state index in [1.54, 1.807) is 0 Å². The number of hydrogen-bond acceptors (Lipinski definition) is 2. The summed E-state index contributed by atoms with van der Waals surface area (Å²) in [5, 5.41) is 0.791. The van der Waals surface area contributed by atoms with E-state index < -0.39 is 0 Å². The van der Waals surface area contributed by atoms with Gasteiger partial charge in [0.2, 0.25) is 0 Å². The zero-order valence-corrected chi connectivity index (χ0v) is 13.6. The summed E-state index contributed by atoms with van der Waals surface area (Å²) in [5.74, 6) is 0.662. The van der Waals surface area contributed by atoms with E-state index in [9.17, 15) is 0 Å². The molecule has 0 radical (unpaired) electrons. The summed E-state index contributed by atoms with van der Waals surface area (Å²) in [6.45, 7) is 7.86. The predicted octanol–water partition coefficient (Wildman–Crippen LogP) is 4.24. The number of nitrogens with two attached hydrogens (primary N) is 1. The second-order valence-electron chi connectivity index (χ2n) is 6.39. The Kier molecular flexibility index (Phi) is 5.48. The van der Waals surface area contributed by atoms with E-state index in [1.165, 1.54) is 18.4 Å². The first kappa shape index (κ1) is 15.8. The van der Waals surface area contributed by atoms with E-state index in [0.29, 0.717) is 12.0 Å². The molecule has 0 amide bonds. The molecule has 2 rings (SSSR count). The Morgan fingerprint density at radius 2 is 1.85 bits per heavy atom. The minimum Gasteiger partial charge on any atom is -0.326 e. The van der Waals surface area contributed by atoms with Crippen molar-refractivity contribution in [3.05, 3.63) is 34.9 Å². The Hall–Kier alpha value is -0.570. The highest BCUT2D eigenvalue weighted by molar-refractivity contribution is 6.30. The molecule has 20 heavy (non-hydrogen) atoms. The summed E-state index contributed by atoms with van der Waals surface area (Å²) in [5.41, 5.74) is 7.76. The van der Waals surface area contributed by atoms with Gasteiger partial charge in [-0.2, -0.15) is 0 Å². The zero-order chi connectivity index (χ0) is 14.7. The second-order valence-corrected chi connectivity index (χ2v) is 6.83. The van der Waals surface area contributed by atoms with Gasteiger partial charge in [0.1, 0.15) is 0 Å². The Bertz CT molecular complexity index is 412. The lowest BCUT2D eigenvalue weighted by molar-refractivity contribution is 0.141. The van der Waals surface area contributed by atoms with Crippen LogP contribution in [0.1, 0.15) is 51.6 Å². The van der Waals surface area contributed by atoms with Crippen LogP contribution in [0.3, 0.4) is 0 Å². The van der Waals surface area contributed by atoms with Crippen molar-refractivity contribution >= 4 is 11.6 Å². The summed E-state index contributed by atoms with van der Waals surface area (Å²) in [7, 11) is 0. The van der Waals surface area contributed by atoms with Crippen molar-refractivity contribution in [2.45, 2.75) is 58.2 Å². The third kappa shape index (κ3) is 3.97. The van der Waals surface area contributed by atoms with Gasteiger partial charge < -0.3 is 5.73 Å². The van der Waals surface area contributed by atoms with E-state index in [4.69, 9.17) is 17.3 Å². The molecule has 0 aromatic heterocycles. The van der Waals surface area contributed by atoms with Crippen LogP contribution in [-0.2, 0) is 0 Å². The van der Waals surface area contributed by atoms with E-state index in [0.717, 1.165) is 24.0 Å². The van der Waals surface area contributed by atoms with Crippen LogP contribution in [0.5, 0.6) is 0 Å². The maximum Gasteiger partial charge on any atom is 0.0502 e. The van der Waals surface area contributed by atoms with E-state index in [1.807, 2.05) is 12.1 Å². The van der Waals surface area contributed by atoms with E-state index >= 15 is 0 Å². The molecule has 0 heterocycles. The van der Waals surface area contributed by atoms with Crippen LogP contribution in [0, 0.1) is 5.92 Å². The van der Waals surface area contributed by atoms with Crippen LogP contribution in [0.25, 0.3) is 0 Å². The largest absolute Gasteiger partial charge is 0.326 e. The van der Waals surface area contributed by atoms with Crippen LogP contribution < -0.4 is 5.73 Å². The Morgan fingerprint density at radius 1 is 1.25 bits per heavy atom. The van der Waals surface area contributed by atoms with Gasteiger partial charge >= 0.3 is 0 Å². The smallest absolute Gasteiger partial charge is 0.0502 e. The summed E-state index contributed by atoms with van der Waals surface area (Å²) in [6, 6.07) is 9.44. The van der Waals surface area contributed by atoms with Gasteiger partial charge in [0.25, 0.3) is 0 Å². The highest BCUT2D eigenvalue weighted by Crippen LogP contribution is 2.37. The molecule has 0 spiro atoms. The van der Waals surface area contributed by atoms with Crippen molar-refractivity contribution in [2.24, 2.45) is 11.7 Å². The highest BCUT2D eigenvalue weighted by Gasteiger charge is 2.36. The van der Waals surface area contributed by atoms with Crippen LogP contribution in [0.4, 0.5) is 0 Å². The maximum absolute atomic E-state index is 6.45. The molecule has 2 unspecified atom stereocenters. The first-order valence-corrected chi connectivity index (χ1v) is 8.17. The molecule has 1 saturated carbocycles. The molecule has 0 aliphatic heterocycles. The third-order valence-corrected chi connectivity index (χ3v) is 4.29. The summed E-state index contributed by atoms with van der Waals surface area (Å²) < 4.78 is 0. The van der Waals surface area contributed by atoms with Crippen LogP contribution in [0.2, 0.25) is 5.02 Å². The number of halogens is 1. The fourth-order valence-corrected chi connectivity index (χ4v) is 3.01. The molecule has 2 N–H and O–H groups in total. The van der Waals surface area contributed by atoms with Crippen molar-refractivity contribution in [3.63, 3.8) is 0 Å². The lowest BCUT2D eigenvalue weighted by atomic mass is 9.95. The topological polar surface area (TPSA) is 29.3 Å². The average molecular weight is 295 g/mol. The fraction of sp³-hybridized carbons (Fsp3) is 0.647. The van der Waals surface area contributed by atoms with Crippen molar-refractivity contribution in [1.29, 1.82) is 0 Å². The van der Waals surface area contributed by atoms with Crippen molar-refractivity contribution < 1.29 is 0 Å². The van der Waals surface area contributed by atoms with Gasteiger partial charge in [-0.25, -0.2) is 0 Å². The van der Waals surface area contributed by atoms with Crippen molar-refractivity contribution in [1.82, 2.24) is 4.90 Å². The Balaban J connectivity index is 2.27. The highest BCUT2D eigenvalue weighted by atomic mass is 35.5. The van der Waals surface area contributed by atoms with Gasteiger partial charge in [-0.15, -0.1) is 0 Å². The molecule has 1 aliphatic rings. The molecule has 3 heteroatoms. The maximum atomic E-state index is 6.45. The van der Waals surface area contributed by atoms with E-state index in [2.05, 4.69) is 37.8 Å². The molecule has 112 valence electrons. The molecule has 0 bridgehead atoms. The fourth-order valence-electron chi connectivity index (χ4n) is 2.89. The lowest BCUT2D eigenvalue weighted by Gasteiger charge is -2.37. The summed E-state index contributed by atoms with van der Waals surface area (Å²) >= 11 is 6.02. The van der Waals surface area contributed by atoms with Gasteiger partial charge in [-0.3, -0.25) is 4.90 Å². The molecule has 1 aromatic carbocycles. The quantitative estimate of drug-likeness (QED) is 0.815. The summed E-state index contributed by atoms with van der Waals surface area (Å²) in [6.07, 6.45) is 3.62. The van der Waals surface area contributed by atoms with Crippen LogP contribution >= 0.6 is 11.6 Å². The minimum atomic E-state index is 0.176. The third-order valence-electron chi connectivity index (χ3n) is 4.04. The first-order valence-electron chi connectivity index (χ1n) is 7.79. The van der Waals surface area contributed by atoms with Crippen molar-refractivity contribution in [2.75, 3.05) is 6.54 Å². The number of benzene rings is 1. The zero-order valence-electron chi connectivity index (χ0n) is 12.8. The number of rotatable bonds is 7. The van der Waals surface area contributed by atoms with Crippen LogP contribution in [-0.4, -0.2) is 23.5 Å². The molecule has 0 saturated heterocycles. The molecule has 1 aliphatic carbocycles. The molecular weight excluding hydrogens is 268 g/mol. The Labute approximate surface area is 128 Å². The lowest BCUT2D eigenvalue weighted by Crippen LogP contribution is -2.43. The SMILES string of the molecule is CCC(N)C(c1ccc(Cl)cc1)N(CC(C)C)C1CC1. The number of hydrogen-bond donors (Lipinski definition) is 1.